The van der Waals surface area contributed by atoms with Gasteiger partial charge in [-0.05, 0) is 88.5 Å². The molecular weight excluding hydrogens is 781 g/mol. The molecular formula is C39H52N4O12S2. The van der Waals surface area contributed by atoms with E-state index in [9.17, 15) is 31.5 Å². The Morgan fingerprint density at radius 1 is 0.947 bits per heavy atom. The highest BCUT2D eigenvalue weighted by molar-refractivity contribution is 7.89. The van der Waals surface area contributed by atoms with Crippen molar-refractivity contribution in [3.63, 3.8) is 0 Å². The molecule has 2 amide bonds. The summed E-state index contributed by atoms with van der Waals surface area (Å²) in [7, 11) is -6.30. The summed E-state index contributed by atoms with van der Waals surface area (Å²) in [5.74, 6) is 0.479. The zero-order chi connectivity index (χ0) is 41.4. The maximum atomic E-state index is 14.0. The molecule has 1 spiro atoms. The topological polar surface area (TPSA) is 208 Å². The van der Waals surface area contributed by atoms with Gasteiger partial charge in [0.05, 0.1) is 30.3 Å². The van der Waals surface area contributed by atoms with Crippen molar-refractivity contribution in [3.05, 3.63) is 72.3 Å². The van der Waals surface area contributed by atoms with Crippen LogP contribution in [0.25, 0.3) is 11.1 Å². The summed E-state index contributed by atoms with van der Waals surface area (Å²) < 4.78 is 83.9. The molecule has 0 bridgehead atoms. The molecule has 57 heavy (non-hydrogen) atoms. The van der Waals surface area contributed by atoms with Crippen LogP contribution < -0.4 is 24.8 Å². The Balaban J connectivity index is 1.10. The Kier molecular flexibility index (Phi) is 14.1. The van der Waals surface area contributed by atoms with Gasteiger partial charge in [0.25, 0.3) is 0 Å². The van der Waals surface area contributed by atoms with Crippen molar-refractivity contribution in [1.82, 2.24) is 19.7 Å². The lowest BCUT2D eigenvalue weighted by Gasteiger charge is -2.38. The van der Waals surface area contributed by atoms with Crippen LogP contribution in [0.1, 0.15) is 52.5 Å². The fraction of sp³-hybridized carbons (Fsp3) is 0.487. The molecule has 5 rings (SSSR count). The van der Waals surface area contributed by atoms with Gasteiger partial charge in [-0.15, -0.1) is 0 Å². The van der Waals surface area contributed by atoms with E-state index in [2.05, 4.69) is 15.4 Å². The molecule has 2 atom stereocenters. The number of piperidine rings is 1. The molecule has 0 radical (unpaired) electrons. The zero-order valence-corrected chi connectivity index (χ0v) is 34.4. The van der Waals surface area contributed by atoms with Gasteiger partial charge in [0.2, 0.25) is 20.0 Å². The number of amides is 2. The highest BCUT2D eigenvalue weighted by atomic mass is 32.2. The van der Waals surface area contributed by atoms with Crippen LogP contribution in [0, 0.1) is 0 Å². The molecule has 2 saturated heterocycles. The third-order valence-corrected chi connectivity index (χ3v) is 12.7. The molecule has 0 aliphatic carbocycles. The number of hydrogen-bond donors (Lipinski definition) is 4. The molecule has 3 aromatic rings. The van der Waals surface area contributed by atoms with Gasteiger partial charge < -0.3 is 39.4 Å². The average molecular weight is 833 g/mol. The first kappa shape index (κ1) is 43.7. The second-order valence-corrected chi connectivity index (χ2v) is 18.6. The molecule has 1 unspecified atom stereocenters. The third-order valence-electron chi connectivity index (χ3n) is 9.38. The molecule has 2 aliphatic rings. The van der Waals surface area contributed by atoms with E-state index in [4.69, 9.17) is 23.7 Å². The number of ether oxygens (including phenoxy) is 5. The minimum atomic E-state index is -3.93. The Bertz CT molecular complexity index is 2080. The molecule has 2 aliphatic heterocycles. The smallest absolute Gasteiger partial charge is 0.407 e. The summed E-state index contributed by atoms with van der Waals surface area (Å²) in [6, 6.07) is 18.4. The third kappa shape index (κ3) is 11.8. The molecule has 16 nitrogen and oxygen atoms in total. The summed E-state index contributed by atoms with van der Waals surface area (Å²) in [5.41, 5.74) is 1.23. The average Bonchev–Trinajstić information content (AvgIpc) is 3.56. The van der Waals surface area contributed by atoms with Crippen LogP contribution in [0.2, 0.25) is 0 Å². The number of alkyl carbamates (subject to hydrolysis) is 2. The number of sulfonamides is 2. The quantitative estimate of drug-likeness (QED) is 0.170. The van der Waals surface area contributed by atoms with E-state index >= 15 is 0 Å². The summed E-state index contributed by atoms with van der Waals surface area (Å²) >= 11 is 0. The first-order chi connectivity index (χ1) is 26.9. The molecule has 0 saturated carbocycles. The predicted molar refractivity (Wildman–Crippen MR) is 210 cm³/mol. The van der Waals surface area contributed by atoms with Crippen molar-refractivity contribution in [2.45, 2.75) is 86.7 Å². The van der Waals surface area contributed by atoms with E-state index in [1.165, 1.54) is 29.6 Å². The van der Waals surface area contributed by atoms with Crippen molar-refractivity contribution >= 4 is 32.2 Å². The van der Waals surface area contributed by atoms with E-state index < -0.39 is 55.6 Å². The lowest BCUT2D eigenvalue weighted by molar-refractivity contribution is -0.0325. The molecule has 2 fully saturated rings. The van der Waals surface area contributed by atoms with Gasteiger partial charge in [0, 0.05) is 32.1 Å². The van der Waals surface area contributed by atoms with Crippen LogP contribution in [0.4, 0.5) is 9.59 Å². The van der Waals surface area contributed by atoms with Crippen molar-refractivity contribution in [1.29, 1.82) is 0 Å². The minimum absolute atomic E-state index is 0.0110. The number of nitrogens with zero attached hydrogens (tertiary/aromatic N) is 1. The maximum absolute atomic E-state index is 14.0. The van der Waals surface area contributed by atoms with Crippen molar-refractivity contribution < 1.29 is 55.2 Å². The van der Waals surface area contributed by atoms with Crippen LogP contribution in [0.15, 0.2) is 76.5 Å². The molecule has 3 aromatic carbocycles. The Morgan fingerprint density at radius 2 is 1.65 bits per heavy atom. The fourth-order valence-corrected chi connectivity index (χ4v) is 8.79. The molecule has 312 valence electrons. The summed E-state index contributed by atoms with van der Waals surface area (Å²) in [6.45, 7) is 7.89. The number of carbonyl (C=O) groups is 2. The number of nitrogens with one attached hydrogen (secondary N) is 3. The number of benzene rings is 3. The van der Waals surface area contributed by atoms with E-state index in [0.717, 1.165) is 16.7 Å². The summed E-state index contributed by atoms with van der Waals surface area (Å²) in [6.07, 6.45) is -1.73. The second-order valence-electron chi connectivity index (χ2n) is 14.8. The van der Waals surface area contributed by atoms with Gasteiger partial charge in [0.1, 0.15) is 40.8 Å². The van der Waals surface area contributed by atoms with Crippen LogP contribution in [-0.2, 0) is 40.8 Å². The van der Waals surface area contributed by atoms with Crippen molar-refractivity contribution in [2.75, 3.05) is 46.5 Å². The van der Waals surface area contributed by atoms with Crippen LogP contribution in [0.3, 0.4) is 0 Å². The maximum Gasteiger partial charge on any atom is 0.407 e. The van der Waals surface area contributed by atoms with Gasteiger partial charge in [0.15, 0.2) is 0 Å². The van der Waals surface area contributed by atoms with E-state index in [-0.39, 0.29) is 67.3 Å². The first-order valence-electron chi connectivity index (χ1n) is 18.7. The van der Waals surface area contributed by atoms with Gasteiger partial charge in [-0.1, -0.05) is 36.4 Å². The normalized spacial score (nSPS) is 17.8. The van der Waals surface area contributed by atoms with Crippen molar-refractivity contribution in [3.8, 4) is 22.6 Å². The van der Waals surface area contributed by atoms with Gasteiger partial charge >= 0.3 is 12.2 Å². The second kappa shape index (κ2) is 18.4. The fourth-order valence-electron chi connectivity index (χ4n) is 6.47. The highest BCUT2D eigenvalue weighted by Crippen LogP contribution is 2.40. The van der Waals surface area contributed by atoms with Crippen LogP contribution >= 0.6 is 0 Å². The van der Waals surface area contributed by atoms with Gasteiger partial charge in [-0.2, -0.15) is 4.31 Å². The predicted octanol–water partition coefficient (Wildman–Crippen LogP) is 4.16. The number of aliphatic hydroxyl groups is 1. The standard InChI is InChI=1S/C39H52N4O12S2/c1-6-51-34-20-29(28-12-10-27(11-13-28)23-41-37(46)55-38(2,3)4)14-15-35(34)57(49,50)43-18-16-39(17-19-43)22-32(26-53-39)54-36(45)42-24-30(44)25-52-31-8-7-9-33(21-31)56(47,48)40-5/h7-15,20-21,30,32,40,44H,6,16-19,22-26H2,1-5H3,(H,41,46)(H,42,45)/t30?,32-/m0/s1. The Labute approximate surface area is 334 Å². The number of hydrogen-bond acceptors (Lipinski definition) is 12. The summed E-state index contributed by atoms with van der Waals surface area (Å²) in [4.78, 5) is 24.6. The van der Waals surface area contributed by atoms with Crippen LogP contribution in [0.5, 0.6) is 11.5 Å². The minimum Gasteiger partial charge on any atom is -0.492 e. The van der Waals surface area contributed by atoms with Crippen LogP contribution in [-0.4, -0.2) is 108 Å². The Morgan fingerprint density at radius 3 is 2.32 bits per heavy atom. The van der Waals surface area contributed by atoms with E-state index in [1.807, 2.05) is 24.3 Å². The first-order valence-corrected chi connectivity index (χ1v) is 21.6. The van der Waals surface area contributed by atoms with Gasteiger partial charge in [-0.3, -0.25) is 0 Å². The number of rotatable bonds is 15. The molecule has 18 heteroatoms. The molecule has 0 aromatic heterocycles. The zero-order valence-electron chi connectivity index (χ0n) is 32.8. The Hall–Kier alpha value is -4.46. The number of carbonyl (C=O) groups excluding carboxylic acids is 2. The van der Waals surface area contributed by atoms with E-state index in [1.54, 1.807) is 52.0 Å². The van der Waals surface area contributed by atoms with E-state index in [0.29, 0.717) is 19.3 Å². The van der Waals surface area contributed by atoms with Gasteiger partial charge in [-0.25, -0.2) is 31.1 Å². The lowest BCUT2D eigenvalue weighted by atomic mass is 9.89. The largest absolute Gasteiger partial charge is 0.492 e. The monoisotopic (exact) mass is 832 g/mol. The SMILES string of the molecule is CCOc1cc(-c2ccc(CNC(=O)OC(C)(C)C)cc2)ccc1S(=O)(=O)N1CCC2(CC1)C[C@H](OC(=O)NCC(O)COc1cccc(S(=O)(=O)NC)c1)CO2. The van der Waals surface area contributed by atoms with Crippen molar-refractivity contribution in [2.24, 2.45) is 0 Å². The summed E-state index contributed by atoms with van der Waals surface area (Å²) in [5, 5.41) is 15.6. The molecule has 2 heterocycles. The number of aliphatic hydroxyl groups excluding tert-OH is 1. The lowest BCUT2D eigenvalue weighted by Crippen LogP contribution is -2.46. The molecule has 4 N–H and O–H groups in total. The highest BCUT2D eigenvalue weighted by Gasteiger charge is 2.46.